The van der Waals surface area contributed by atoms with Crippen LogP contribution in [0.3, 0.4) is 0 Å². The van der Waals surface area contributed by atoms with Crippen LogP contribution in [0, 0.1) is 0 Å². The molecule has 134 valence electrons. The molecule has 1 atom stereocenters. The molecule has 5 heteroatoms. The summed E-state index contributed by atoms with van der Waals surface area (Å²) in [6.45, 7) is 5.31. The Hall–Kier alpha value is -2.11. The van der Waals surface area contributed by atoms with Gasteiger partial charge in [0.15, 0.2) is 0 Å². The summed E-state index contributed by atoms with van der Waals surface area (Å²) in [7, 11) is 0. The first-order chi connectivity index (χ1) is 12.3. The van der Waals surface area contributed by atoms with Crippen LogP contribution in [0.25, 0.3) is 0 Å². The van der Waals surface area contributed by atoms with E-state index in [0.29, 0.717) is 13.0 Å². The molecule has 1 fully saturated rings. The zero-order valence-corrected chi connectivity index (χ0v) is 14.5. The number of morpholine rings is 1. The van der Waals surface area contributed by atoms with Crippen molar-refractivity contribution < 1.29 is 13.9 Å². The van der Waals surface area contributed by atoms with Gasteiger partial charge < -0.3 is 14.5 Å². The van der Waals surface area contributed by atoms with Crippen LogP contribution in [0.2, 0.25) is 0 Å². The number of amides is 1. The molecule has 1 aliphatic heterocycles. The van der Waals surface area contributed by atoms with Crippen LogP contribution < -0.4 is 5.32 Å². The molecule has 1 saturated heterocycles. The van der Waals surface area contributed by atoms with Gasteiger partial charge >= 0.3 is 0 Å². The SMILES string of the molecule is O=C(CC(c1ccccc1)c1ccco1)NCCCN1CCOCC1. The van der Waals surface area contributed by atoms with E-state index in [0.717, 1.165) is 50.6 Å². The Morgan fingerprint density at radius 2 is 1.92 bits per heavy atom. The van der Waals surface area contributed by atoms with Crippen molar-refractivity contribution in [2.24, 2.45) is 0 Å². The molecule has 3 rings (SSSR count). The molecule has 2 heterocycles. The molecule has 0 bridgehead atoms. The van der Waals surface area contributed by atoms with Crippen molar-refractivity contribution in [2.75, 3.05) is 39.4 Å². The summed E-state index contributed by atoms with van der Waals surface area (Å²) in [5, 5.41) is 3.05. The number of rotatable bonds is 8. The third kappa shape index (κ3) is 5.44. The standard InChI is InChI=1S/C20H26N2O3/c23-20(21-9-5-10-22-11-14-24-15-12-22)16-18(19-8-4-13-25-19)17-6-2-1-3-7-17/h1-4,6-8,13,18H,5,9-12,14-16H2,(H,21,23). The minimum atomic E-state index is -0.0459. The van der Waals surface area contributed by atoms with Gasteiger partial charge in [0.25, 0.3) is 0 Å². The maximum atomic E-state index is 12.4. The smallest absolute Gasteiger partial charge is 0.221 e. The van der Waals surface area contributed by atoms with Crippen LogP contribution in [-0.4, -0.2) is 50.2 Å². The molecule has 1 aromatic heterocycles. The molecule has 5 nitrogen and oxygen atoms in total. The summed E-state index contributed by atoms with van der Waals surface area (Å²) in [6, 6.07) is 13.8. The molecule has 1 aromatic carbocycles. The van der Waals surface area contributed by atoms with Crippen molar-refractivity contribution in [3.63, 3.8) is 0 Å². The summed E-state index contributed by atoms with van der Waals surface area (Å²) in [5.74, 6) is 0.845. The van der Waals surface area contributed by atoms with Crippen LogP contribution >= 0.6 is 0 Å². The second-order valence-corrected chi connectivity index (χ2v) is 6.34. The zero-order chi connectivity index (χ0) is 17.3. The first-order valence-electron chi connectivity index (χ1n) is 8.98. The molecular formula is C20H26N2O3. The van der Waals surface area contributed by atoms with Gasteiger partial charge in [-0.2, -0.15) is 0 Å². The number of furan rings is 1. The molecule has 2 aromatic rings. The quantitative estimate of drug-likeness (QED) is 0.750. The van der Waals surface area contributed by atoms with E-state index in [4.69, 9.17) is 9.15 Å². The Kier molecular flexibility index (Phi) is 6.65. The van der Waals surface area contributed by atoms with Gasteiger partial charge in [0.2, 0.25) is 5.91 Å². The maximum Gasteiger partial charge on any atom is 0.221 e. The van der Waals surface area contributed by atoms with Crippen LogP contribution in [0.15, 0.2) is 53.1 Å². The molecule has 0 spiro atoms. The first-order valence-corrected chi connectivity index (χ1v) is 8.98. The van der Waals surface area contributed by atoms with Crippen molar-refractivity contribution in [1.82, 2.24) is 10.2 Å². The number of carbonyl (C=O) groups excluding carboxylic acids is 1. The molecule has 1 unspecified atom stereocenters. The van der Waals surface area contributed by atoms with E-state index in [1.165, 1.54) is 0 Å². The highest BCUT2D eigenvalue weighted by Crippen LogP contribution is 2.28. The molecule has 0 radical (unpaired) electrons. The third-order valence-corrected chi connectivity index (χ3v) is 4.56. The number of nitrogens with one attached hydrogen (secondary N) is 1. The Labute approximate surface area is 149 Å². The molecular weight excluding hydrogens is 316 g/mol. The second-order valence-electron chi connectivity index (χ2n) is 6.34. The fraction of sp³-hybridized carbons (Fsp3) is 0.450. The van der Waals surface area contributed by atoms with Crippen LogP contribution in [-0.2, 0) is 9.53 Å². The van der Waals surface area contributed by atoms with E-state index >= 15 is 0 Å². The number of carbonyl (C=O) groups is 1. The highest BCUT2D eigenvalue weighted by atomic mass is 16.5. The minimum absolute atomic E-state index is 0.0459. The number of ether oxygens (including phenoxy) is 1. The average molecular weight is 342 g/mol. The largest absolute Gasteiger partial charge is 0.469 e. The zero-order valence-electron chi connectivity index (χ0n) is 14.5. The van der Waals surface area contributed by atoms with E-state index < -0.39 is 0 Å². The van der Waals surface area contributed by atoms with Crippen LogP contribution in [0.4, 0.5) is 0 Å². The normalized spacial score (nSPS) is 16.5. The molecule has 1 aliphatic rings. The summed E-state index contributed by atoms with van der Waals surface area (Å²) >= 11 is 0. The van der Waals surface area contributed by atoms with Gasteiger partial charge in [0.1, 0.15) is 5.76 Å². The maximum absolute atomic E-state index is 12.4. The van der Waals surface area contributed by atoms with Crippen molar-refractivity contribution in [1.29, 1.82) is 0 Å². The summed E-state index contributed by atoms with van der Waals surface area (Å²) in [5.41, 5.74) is 1.10. The van der Waals surface area contributed by atoms with Gasteiger partial charge in [-0.05, 0) is 30.7 Å². The molecule has 0 saturated carbocycles. The fourth-order valence-electron chi connectivity index (χ4n) is 3.17. The lowest BCUT2D eigenvalue weighted by Gasteiger charge is -2.26. The Balaban J connectivity index is 1.47. The van der Waals surface area contributed by atoms with E-state index in [1.54, 1.807) is 6.26 Å². The Bertz CT molecular complexity index is 622. The van der Waals surface area contributed by atoms with Crippen LogP contribution in [0.1, 0.15) is 30.1 Å². The fourth-order valence-corrected chi connectivity index (χ4v) is 3.17. The lowest BCUT2D eigenvalue weighted by Crippen LogP contribution is -2.38. The lowest BCUT2D eigenvalue weighted by molar-refractivity contribution is -0.121. The monoisotopic (exact) mass is 342 g/mol. The first kappa shape index (κ1) is 17.7. The number of benzene rings is 1. The predicted molar refractivity (Wildman–Crippen MR) is 96.5 cm³/mol. The van der Waals surface area contributed by atoms with Crippen LogP contribution in [0.5, 0.6) is 0 Å². The second kappa shape index (κ2) is 9.39. The highest BCUT2D eigenvalue weighted by Gasteiger charge is 2.20. The highest BCUT2D eigenvalue weighted by molar-refractivity contribution is 5.77. The third-order valence-electron chi connectivity index (χ3n) is 4.56. The van der Waals surface area contributed by atoms with Gasteiger partial charge in [0.05, 0.1) is 25.4 Å². The summed E-state index contributed by atoms with van der Waals surface area (Å²) in [4.78, 5) is 14.8. The van der Waals surface area contributed by atoms with Gasteiger partial charge in [-0.1, -0.05) is 30.3 Å². The lowest BCUT2D eigenvalue weighted by atomic mass is 9.93. The van der Waals surface area contributed by atoms with E-state index in [-0.39, 0.29) is 11.8 Å². The molecule has 0 aliphatic carbocycles. The molecule has 1 amide bonds. The van der Waals surface area contributed by atoms with Crippen molar-refractivity contribution in [3.05, 3.63) is 60.1 Å². The molecule has 25 heavy (non-hydrogen) atoms. The predicted octanol–water partition coefficient (Wildman–Crippen LogP) is 2.64. The minimum Gasteiger partial charge on any atom is -0.469 e. The van der Waals surface area contributed by atoms with Gasteiger partial charge in [-0.3, -0.25) is 9.69 Å². The van der Waals surface area contributed by atoms with E-state index in [9.17, 15) is 4.79 Å². The number of nitrogens with zero attached hydrogens (tertiary/aromatic N) is 1. The van der Waals surface area contributed by atoms with Gasteiger partial charge in [-0.25, -0.2) is 0 Å². The van der Waals surface area contributed by atoms with Crippen molar-refractivity contribution >= 4 is 5.91 Å². The summed E-state index contributed by atoms with van der Waals surface area (Å²) < 4.78 is 10.9. The topological polar surface area (TPSA) is 54.7 Å². The Morgan fingerprint density at radius 3 is 2.64 bits per heavy atom. The van der Waals surface area contributed by atoms with E-state index in [1.807, 2.05) is 42.5 Å². The average Bonchev–Trinajstić information content (AvgIpc) is 3.19. The number of hydrogen-bond donors (Lipinski definition) is 1. The van der Waals surface area contributed by atoms with Crippen molar-refractivity contribution in [3.8, 4) is 0 Å². The van der Waals surface area contributed by atoms with Gasteiger partial charge in [0, 0.05) is 26.1 Å². The summed E-state index contributed by atoms with van der Waals surface area (Å²) in [6.07, 6.45) is 3.02. The number of hydrogen-bond acceptors (Lipinski definition) is 4. The van der Waals surface area contributed by atoms with Gasteiger partial charge in [-0.15, -0.1) is 0 Å². The Morgan fingerprint density at radius 1 is 1.12 bits per heavy atom. The van der Waals surface area contributed by atoms with E-state index in [2.05, 4.69) is 10.2 Å². The van der Waals surface area contributed by atoms with Crippen molar-refractivity contribution in [2.45, 2.75) is 18.8 Å². The molecule has 1 N–H and O–H groups in total.